The zero-order valence-corrected chi connectivity index (χ0v) is 14.1. The lowest BCUT2D eigenvalue weighted by Crippen LogP contribution is -2.41. The first-order valence-electron chi connectivity index (χ1n) is 8.42. The highest BCUT2D eigenvalue weighted by atomic mass is 16.5. The standard InChI is InChI=1S/C18H23N3O3/c1-12-7-9-13(10-8-12)21(2)16(22)11-24-18(23)17-14-5-3-4-6-15(14)19-20-17/h3-6,12-13H,7-11H2,1-2H3,(H,19,20). The van der Waals surface area contributed by atoms with Crippen molar-refractivity contribution < 1.29 is 14.3 Å². The van der Waals surface area contributed by atoms with Crippen LogP contribution in [0.5, 0.6) is 0 Å². The molecule has 1 aliphatic rings. The Bertz CT molecular complexity index is 732. The summed E-state index contributed by atoms with van der Waals surface area (Å²) in [5.74, 6) is -0.00950. The number of amides is 1. The van der Waals surface area contributed by atoms with E-state index in [0.29, 0.717) is 5.39 Å². The van der Waals surface area contributed by atoms with E-state index in [4.69, 9.17) is 4.74 Å². The van der Waals surface area contributed by atoms with Crippen molar-refractivity contribution in [2.75, 3.05) is 13.7 Å². The van der Waals surface area contributed by atoms with Gasteiger partial charge >= 0.3 is 5.97 Å². The predicted octanol–water partition coefficient (Wildman–Crippen LogP) is 2.76. The number of carbonyl (C=O) groups is 2. The normalized spacial score (nSPS) is 20.8. The lowest BCUT2D eigenvalue weighted by molar-refractivity contribution is -0.136. The molecule has 6 heteroatoms. The number of H-pyrrole nitrogens is 1. The van der Waals surface area contributed by atoms with Gasteiger partial charge in [0.1, 0.15) is 0 Å². The van der Waals surface area contributed by atoms with Gasteiger partial charge in [-0.1, -0.05) is 25.1 Å². The van der Waals surface area contributed by atoms with Crippen LogP contribution in [0.4, 0.5) is 0 Å². The highest BCUT2D eigenvalue weighted by Gasteiger charge is 2.26. The second-order valence-corrected chi connectivity index (χ2v) is 6.61. The smallest absolute Gasteiger partial charge is 0.359 e. The minimum absolute atomic E-state index is 0.164. The fourth-order valence-electron chi connectivity index (χ4n) is 3.25. The van der Waals surface area contributed by atoms with Crippen molar-refractivity contribution in [1.82, 2.24) is 15.1 Å². The van der Waals surface area contributed by atoms with Gasteiger partial charge in [-0.05, 0) is 37.7 Å². The van der Waals surface area contributed by atoms with Crippen LogP contribution >= 0.6 is 0 Å². The molecule has 0 atom stereocenters. The number of hydrogen-bond donors (Lipinski definition) is 1. The van der Waals surface area contributed by atoms with Gasteiger partial charge < -0.3 is 9.64 Å². The molecule has 0 unspecified atom stereocenters. The van der Waals surface area contributed by atoms with Crippen molar-refractivity contribution in [1.29, 1.82) is 0 Å². The maximum Gasteiger partial charge on any atom is 0.359 e. The maximum absolute atomic E-state index is 12.3. The molecule has 1 N–H and O–H groups in total. The quantitative estimate of drug-likeness (QED) is 0.875. The third-order valence-corrected chi connectivity index (χ3v) is 4.92. The molecule has 3 rings (SSSR count). The van der Waals surface area contributed by atoms with Gasteiger partial charge in [-0.15, -0.1) is 0 Å². The minimum atomic E-state index is -0.577. The minimum Gasteiger partial charge on any atom is -0.451 e. The van der Waals surface area contributed by atoms with Gasteiger partial charge in [0.15, 0.2) is 12.3 Å². The van der Waals surface area contributed by atoms with E-state index in [9.17, 15) is 9.59 Å². The number of likely N-dealkylation sites (N-methyl/N-ethyl adjacent to an activating group) is 1. The summed E-state index contributed by atoms with van der Waals surface area (Å²) in [7, 11) is 1.79. The zero-order valence-electron chi connectivity index (χ0n) is 14.1. The van der Waals surface area contributed by atoms with Crippen molar-refractivity contribution in [2.45, 2.75) is 38.6 Å². The number of nitrogens with zero attached hydrogens (tertiary/aromatic N) is 2. The van der Waals surface area contributed by atoms with Gasteiger partial charge in [-0.25, -0.2) is 4.79 Å². The van der Waals surface area contributed by atoms with Gasteiger partial charge in [-0.3, -0.25) is 9.89 Å². The van der Waals surface area contributed by atoms with Crippen molar-refractivity contribution in [3.8, 4) is 0 Å². The molecular formula is C18H23N3O3. The second kappa shape index (κ2) is 7.03. The summed E-state index contributed by atoms with van der Waals surface area (Å²) in [5.41, 5.74) is 0.983. The van der Waals surface area contributed by atoms with Crippen molar-refractivity contribution in [3.63, 3.8) is 0 Å². The molecule has 0 saturated heterocycles. The fourth-order valence-corrected chi connectivity index (χ4v) is 3.25. The number of aromatic nitrogens is 2. The molecule has 0 radical (unpaired) electrons. The number of esters is 1. The Balaban J connectivity index is 1.56. The largest absolute Gasteiger partial charge is 0.451 e. The number of ether oxygens (including phenoxy) is 1. The van der Waals surface area contributed by atoms with Crippen LogP contribution in [0.2, 0.25) is 0 Å². The molecule has 1 heterocycles. The Morgan fingerprint density at radius 3 is 2.71 bits per heavy atom. The first kappa shape index (κ1) is 16.5. The van der Waals surface area contributed by atoms with E-state index < -0.39 is 5.97 Å². The molecule has 1 saturated carbocycles. The first-order valence-corrected chi connectivity index (χ1v) is 8.42. The van der Waals surface area contributed by atoms with Crippen molar-refractivity contribution >= 4 is 22.8 Å². The van der Waals surface area contributed by atoms with E-state index in [1.54, 1.807) is 18.0 Å². The molecule has 6 nitrogen and oxygen atoms in total. The number of hydrogen-bond acceptors (Lipinski definition) is 4. The summed E-state index contributed by atoms with van der Waals surface area (Å²) in [4.78, 5) is 26.2. The summed E-state index contributed by atoms with van der Waals surface area (Å²) < 4.78 is 5.18. The molecule has 1 aromatic carbocycles. The zero-order chi connectivity index (χ0) is 17.1. The lowest BCUT2D eigenvalue weighted by atomic mass is 9.87. The van der Waals surface area contributed by atoms with Gasteiger partial charge in [0.25, 0.3) is 5.91 Å². The summed E-state index contributed by atoms with van der Waals surface area (Å²) >= 11 is 0. The summed E-state index contributed by atoms with van der Waals surface area (Å²) in [6, 6.07) is 7.57. The third-order valence-electron chi connectivity index (χ3n) is 4.92. The van der Waals surface area contributed by atoms with Crippen LogP contribution in [-0.4, -0.2) is 46.7 Å². The van der Waals surface area contributed by atoms with Gasteiger partial charge in [0.2, 0.25) is 0 Å². The van der Waals surface area contributed by atoms with Gasteiger partial charge in [0, 0.05) is 18.5 Å². The molecule has 1 aliphatic carbocycles. The Hall–Kier alpha value is -2.37. The Morgan fingerprint density at radius 2 is 1.96 bits per heavy atom. The van der Waals surface area contributed by atoms with Crippen molar-refractivity contribution in [3.05, 3.63) is 30.0 Å². The molecule has 0 spiro atoms. The Labute approximate surface area is 141 Å². The summed E-state index contributed by atoms with van der Waals surface area (Å²) in [6.45, 7) is 2.00. The summed E-state index contributed by atoms with van der Waals surface area (Å²) in [5, 5.41) is 7.48. The Kier molecular flexibility index (Phi) is 4.83. The summed E-state index contributed by atoms with van der Waals surface area (Å²) in [6.07, 6.45) is 4.31. The molecule has 0 bridgehead atoms. The van der Waals surface area contributed by atoms with Crippen LogP contribution in [-0.2, 0) is 9.53 Å². The van der Waals surface area contributed by atoms with Gasteiger partial charge in [-0.2, -0.15) is 5.10 Å². The number of benzene rings is 1. The van der Waals surface area contributed by atoms with Crippen LogP contribution < -0.4 is 0 Å². The fraction of sp³-hybridized carbons (Fsp3) is 0.500. The maximum atomic E-state index is 12.3. The SMILES string of the molecule is CC1CCC(N(C)C(=O)COC(=O)c2n[nH]c3ccccc23)CC1. The monoisotopic (exact) mass is 329 g/mol. The van der Waals surface area contributed by atoms with E-state index >= 15 is 0 Å². The molecular weight excluding hydrogens is 306 g/mol. The van der Waals surface area contributed by atoms with Gasteiger partial charge in [0.05, 0.1) is 5.52 Å². The molecule has 0 aliphatic heterocycles. The van der Waals surface area contributed by atoms with Crippen LogP contribution in [0.15, 0.2) is 24.3 Å². The number of para-hydroxylation sites is 1. The average molecular weight is 329 g/mol. The average Bonchev–Trinajstić information content (AvgIpc) is 3.03. The molecule has 2 aromatic rings. The molecule has 1 amide bonds. The highest BCUT2D eigenvalue weighted by molar-refractivity contribution is 6.02. The molecule has 24 heavy (non-hydrogen) atoms. The van der Waals surface area contributed by atoms with Crippen LogP contribution in [0.3, 0.4) is 0 Å². The number of nitrogens with one attached hydrogen (secondary N) is 1. The molecule has 128 valence electrons. The van der Waals surface area contributed by atoms with E-state index in [0.717, 1.165) is 37.1 Å². The number of carbonyl (C=O) groups excluding carboxylic acids is 2. The predicted molar refractivity (Wildman–Crippen MR) is 90.6 cm³/mol. The molecule has 1 aromatic heterocycles. The highest BCUT2D eigenvalue weighted by Crippen LogP contribution is 2.26. The van der Waals surface area contributed by atoms with Crippen LogP contribution in [0.25, 0.3) is 10.9 Å². The topological polar surface area (TPSA) is 75.3 Å². The molecule has 1 fully saturated rings. The van der Waals surface area contributed by atoms with Crippen molar-refractivity contribution in [2.24, 2.45) is 5.92 Å². The van der Waals surface area contributed by atoms with E-state index in [-0.39, 0.29) is 24.2 Å². The van der Waals surface area contributed by atoms with E-state index in [1.807, 2.05) is 18.2 Å². The first-order chi connectivity index (χ1) is 11.6. The third kappa shape index (κ3) is 3.42. The second-order valence-electron chi connectivity index (χ2n) is 6.61. The van der Waals surface area contributed by atoms with Crippen LogP contribution in [0.1, 0.15) is 43.1 Å². The number of aromatic amines is 1. The van der Waals surface area contributed by atoms with Crippen LogP contribution in [0, 0.1) is 5.92 Å². The number of fused-ring (bicyclic) bond motifs is 1. The number of rotatable bonds is 4. The van der Waals surface area contributed by atoms with E-state index in [2.05, 4.69) is 17.1 Å². The lowest BCUT2D eigenvalue weighted by Gasteiger charge is -2.33. The van der Waals surface area contributed by atoms with E-state index in [1.165, 1.54) is 0 Å². The Morgan fingerprint density at radius 1 is 1.25 bits per heavy atom.